The highest BCUT2D eigenvalue weighted by molar-refractivity contribution is 5.75. The molecule has 0 spiro atoms. The first-order valence-electron chi connectivity index (χ1n) is 5.15. The van der Waals surface area contributed by atoms with Crippen LogP contribution in [-0.4, -0.2) is 28.6 Å². The van der Waals surface area contributed by atoms with Crippen molar-refractivity contribution in [2.75, 3.05) is 6.54 Å². The zero-order chi connectivity index (χ0) is 12.8. The number of hydrogen-bond acceptors (Lipinski definition) is 4. The summed E-state index contributed by atoms with van der Waals surface area (Å²) in [5.74, 6) is -0.496. The zero-order valence-electron chi connectivity index (χ0n) is 9.69. The summed E-state index contributed by atoms with van der Waals surface area (Å²) < 4.78 is 5.15. The molecule has 1 aromatic rings. The normalized spacial score (nSPS) is 11.9. The number of carbonyl (C=O) groups excluding carboxylic acids is 1. The lowest BCUT2D eigenvalue weighted by molar-refractivity contribution is -0.140. The molecule has 3 N–H and O–H groups in total. The molecule has 1 aromatic heterocycles. The van der Waals surface area contributed by atoms with Crippen molar-refractivity contribution >= 4 is 12.0 Å². The number of rotatable bonds is 5. The van der Waals surface area contributed by atoms with Crippen LogP contribution in [0.3, 0.4) is 0 Å². The van der Waals surface area contributed by atoms with Crippen molar-refractivity contribution in [3.8, 4) is 0 Å². The molecule has 0 saturated carbocycles. The minimum Gasteiger partial charge on any atom is -0.481 e. The van der Waals surface area contributed by atoms with Gasteiger partial charge < -0.3 is 20.2 Å². The van der Waals surface area contributed by atoms with Gasteiger partial charge in [-0.1, -0.05) is 6.92 Å². The van der Waals surface area contributed by atoms with E-state index in [1.54, 1.807) is 13.1 Å². The average molecular weight is 241 g/mol. The van der Waals surface area contributed by atoms with Gasteiger partial charge in [0.05, 0.1) is 18.7 Å². The molecule has 0 aliphatic rings. The summed E-state index contributed by atoms with van der Waals surface area (Å²) in [4.78, 5) is 25.7. The lowest BCUT2D eigenvalue weighted by Crippen LogP contribution is -2.38. The van der Waals surface area contributed by atoms with E-state index in [1.165, 1.54) is 6.92 Å². The van der Waals surface area contributed by atoms with E-state index in [2.05, 4.69) is 15.6 Å². The number of carbonyl (C=O) groups is 2. The topological polar surface area (TPSA) is 104 Å². The predicted octanol–water partition coefficient (Wildman–Crippen LogP) is 0.503. The predicted molar refractivity (Wildman–Crippen MR) is 58.3 cm³/mol. The van der Waals surface area contributed by atoms with Crippen molar-refractivity contribution < 1.29 is 19.1 Å². The number of urea groups is 1. The number of nitrogens with one attached hydrogen (secondary N) is 2. The highest BCUT2D eigenvalue weighted by Gasteiger charge is 2.12. The minimum absolute atomic E-state index is 0.0752. The molecule has 0 bridgehead atoms. The molecule has 1 heterocycles. The van der Waals surface area contributed by atoms with Crippen molar-refractivity contribution in [3.05, 3.63) is 17.8 Å². The van der Waals surface area contributed by atoms with Gasteiger partial charge in [0.2, 0.25) is 5.89 Å². The third-order valence-corrected chi connectivity index (χ3v) is 2.06. The zero-order valence-corrected chi connectivity index (χ0v) is 9.69. The maximum Gasteiger partial charge on any atom is 0.315 e. The Morgan fingerprint density at radius 2 is 2.24 bits per heavy atom. The van der Waals surface area contributed by atoms with Crippen molar-refractivity contribution in [2.24, 2.45) is 5.92 Å². The van der Waals surface area contributed by atoms with E-state index in [9.17, 15) is 9.59 Å². The summed E-state index contributed by atoms with van der Waals surface area (Å²) >= 11 is 0. The second-order valence-corrected chi connectivity index (χ2v) is 3.67. The van der Waals surface area contributed by atoms with E-state index in [0.29, 0.717) is 11.7 Å². The molecule has 7 heteroatoms. The van der Waals surface area contributed by atoms with Crippen molar-refractivity contribution in [3.63, 3.8) is 0 Å². The Morgan fingerprint density at radius 1 is 1.53 bits per heavy atom. The highest BCUT2D eigenvalue weighted by Crippen LogP contribution is 2.00. The van der Waals surface area contributed by atoms with Crippen LogP contribution >= 0.6 is 0 Å². The maximum absolute atomic E-state index is 11.3. The Kier molecular flexibility index (Phi) is 4.50. The molecule has 17 heavy (non-hydrogen) atoms. The Bertz CT molecular complexity index is 402. The van der Waals surface area contributed by atoms with Crippen LogP contribution in [-0.2, 0) is 11.3 Å². The molecule has 0 saturated heterocycles. The summed E-state index contributed by atoms with van der Waals surface area (Å²) in [5.41, 5.74) is 0. The van der Waals surface area contributed by atoms with Crippen LogP contribution in [0.5, 0.6) is 0 Å². The van der Waals surface area contributed by atoms with E-state index >= 15 is 0 Å². The molecule has 1 unspecified atom stereocenters. The average Bonchev–Trinajstić information content (AvgIpc) is 2.69. The molecule has 7 nitrogen and oxygen atoms in total. The van der Waals surface area contributed by atoms with Crippen LogP contribution in [0.15, 0.2) is 10.6 Å². The van der Waals surface area contributed by atoms with Crippen molar-refractivity contribution in [1.29, 1.82) is 0 Å². The number of aromatic nitrogens is 1. The third kappa shape index (κ3) is 4.54. The van der Waals surface area contributed by atoms with Gasteiger partial charge in [0.15, 0.2) is 0 Å². The minimum atomic E-state index is -0.950. The summed E-state index contributed by atoms with van der Waals surface area (Å²) in [6.45, 7) is 3.51. The van der Waals surface area contributed by atoms with Gasteiger partial charge in [-0.2, -0.15) is 0 Å². The number of amides is 2. The summed E-state index contributed by atoms with van der Waals surface area (Å²) in [7, 11) is 0. The number of carboxylic acids is 1. The van der Waals surface area contributed by atoms with Gasteiger partial charge >= 0.3 is 12.0 Å². The molecule has 1 rings (SSSR count). The van der Waals surface area contributed by atoms with E-state index in [-0.39, 0.29) is 13.1 Å². The van der Waals surface area contributed by atoms with Gasteiger partial charge in [-0.05, 0) is 6.92 Å². The first-order valence-corrected chi connectivity index (χ1v) is 5.15. The van der Waals surface area contributed by atoms with E-state index in [1.807, 2.05) is 0 Å². The first kappa shape index (κ1) is 13.0. The lowest BCUT2D eigenvalue weighted by Gasteiger charge is -2.08. The van der Waals surface area contributed by atoms with Crippen LogP contribution in [0.2, 0.25) is 0 Å². The first-order chi connectivity index (χ1) is 7.99. The number of hydrogen-bond donors (Lipinski definition) is 3. The van der Waals surface area contributed by atoms with Gasteiger partial charge in [0.1, 0.15) is 5.76 Å². The number of carboxylic acid groups (broad SMARTS) is 1. The molecule has 1 atom stereocenters. The van der Waals surface area contributed by atoms with Crippen LogP contribution in [0, 0.1) is 12.8 Å². The number of nitrogens with zero attached hydrogens (tertiary/aromatic N) is 1. The Labute approximate surface area is 98.2 Å². The van der Waals surface area contributed by atoms with Gasteiger partial charge in [-0.3, -0.25) is 4.79 Å². The Morgan fingerprint density at radius 3 is 2.76 bits per heavy atom. The number of aryl methyl sites for hydroxylation is 1. The number of aliphatic carboxylic acids is 1. The van der Waals surface area contributed by atoms with Crippen LogP contribution in [0.25, 0.3) is 0 Å². The van der Waals surface area contributed by atoms with Crippen molar-refractivity contribution in [1.82, 2.24) is 15.6 Å². The molecule has 94 valence electrons. The molecular formula is C10H15N3O4. The summed E-state index contributed by atoms with van der Waals surface area (Å²) in [6, 6.07) is -0.450. The quantitative estimate of drug-likeness (QED) is 0.696. The second-order valence-electron chi connectivity index (χ2n) is 3.67. The molecule has 0 fully saturated rings. The molecule has 0 aromatic carbocycles. The summed E-state index contributed by atoms with van der Waals surface area (Å²) in [6.07, 6.45) is 1.56. The van der Waals surface area contributed by atoms with Crippen molar-refractivity contribution in [2.45, 2.75) is 20.4 Å². The molecule has 2 amide bonds. The monoisotopic (exact) mass is 241 g/mol. The molecular weight excluding hydrogens is 226 g/mol. The molecule has 0 radical (unpaired) electrons. The van der Waals surface area contributed by atoms with Gasteiger partial charge in [-0.15, -0.1) is 0 Å². The van der Waals surface area contributed by atoms with Crippen LogP contribution in [0.1, 0.15) is 18.6 Å². The van der Waals surface area contributed by atoms with Gasteiger partial charge in [0, 0.05) is 6.54 Å². The smallest absolute Gasteiger partial charge is 0.315 e. The fourth-order valence-electron chi connectivity index (χ4n) is 1.03. The van der Waals surface area contributed by atoms with E-state index < -0.39 is 17.9 Å². The lowest BCUT2D eigenvalue weighted by atomic mass is 10.2. The fraction of sp³-hybridized carbons (Fsp3) is 0.500. The van der Waals surface area contributed by atoms with Crippen LogP contribution < -0.4 is 10.6 Å². The van der Waals surface area contributed by atoms with Gasteiger partial charge in [-0.25, -0.2) is 9.78 Å². The SMILES string of the molecule is Cc1cnc(CNC(=O)NCC(C)C(=O)O)o1. The fourth-order valence-corrected chi connectivity index (χ4v) is 1.03. The Balaban J connectivity index is 2.24. The number of oxazole rings is 1. The third-order valence-electron chi connectivity index (χ3n) is 2.06. The highest BCUT2D eigenvalue weighted by atomic mass is 16.4. The molecule has 0 aliphatic carbocycles. The van der Waals surface area contributed by atoms with E-state index in [0.717, 1.165) is 0 Å². The standard InChI is InChI=1S/C10H15N3O4/c1-6(9(14)15)3-12-10(16)13-5-8-11-4-7(2)17-8/h4,6H,3,5H2,1-2H3,(H,14,15)(H2,12,13,16). The van der Waals surface area contributed by atoms with Gasteiger partial charge in [0.25, 0.3) is 0 Å². The van der Waals surface area contributed by atoms with E-state index in [4.69, 9.17) is 9.52 Å². The molecule has 0 aliphatic heterocycles. The summed E-state index contributed by atoms with van der Waals surface area (Å²) in [5, 5.41) is 13.6. The second kappa shape index (κ2) is 5.88. The van der Waals surface area contributed by atoms with Crippen LogP contribution in [0.4, 0.5) is 4.79 Å². The largest absolute Gasteiger partial charge is 0.481 e. The maximum atomic E-state index is 11.3. The Hall–Kier alpha value is -2.05.